The Balaban J connectivity index is 0.00000208. The fraction of sp³-hybridized carbons (Fsp3) is 0.611. The summed E-state index contributed by atoms with van der Waals surface area (Å²) in [5.41, 5.74) is 6.54. The van der Waals surface area contributed by atoms with E-state index in [1.54, 1.807) is 7.11 Å². The van der Waals surface area contributed by atoms with E-state index < -0.39 is 5.41 Å². The summed E-state index contributed by atoms with van der Waals surface area (Å²) < 4.78 is 10.9. The summed E-state index contributed by atoms with van der Waals surface area (Å²) in [4.78, 5) is 12.8. The normalized spacial score (nSPS) is 27.7. The standard InChI is InChI=1S/C18H26N2O3.ClH/c1-17(13-5-3-4-6-14(13)22-2)11-15(17)20-16(21)18(12-19)7-9-23-10-8-18;/h3-6,15H,7-12,19H2,1-2H3,(H,20,21);1H. The van der Waals surface area contributed by atoms with Gasteiger partial charge in [0.05, 0.1) is 12.5 Å². The molecule has 0 radical (unpaired) electrons. The third-order valence-corrected chi connectivity index (χ3v) is 5.59. The molecule has 1 aliphatic carbocycles. The molecule has 0 aromatic heterocycles. The molecule has 3 rings (SSSR count). The predicted octanol–water partition coefficient (Wildman–Crippen LogP) is 2.02. The van der Waals surface area contributed by atoms with Crippen molar-refractivity contribution in [2.24, 2.45) is 11.1 Å². The number of benzene rings is 1. The van der Waals surface area contributed by atoms with Gasteiger partial charge in [-0.15, -0.1) is 12.4 Å². The highest BCUT2D eigenvalue weighted by Gasteiger charge is 2.55. The highest BCUT2D eigenvalue weighted by molar-refractivity contribution is 5.85. The molecular weight excluding hydrogens is 328 g/mol. The smallest absolute Gasteiger partial charge is 0.227 e. The Morgan fingerprint density at radius 3 is 2.67 bits per heavy atom. The molecule has 1 heterocycles. The SMILES string of the molecule is COc1ccccc1C1(C)CC1NC(=O)C1(CN)CCOCC1.Cl. The molecule has 1 amide bonds. The lowest BCUT2D eigenvalue weighted by molar-refractivity contribution is -0.136. The van der Waals surface area contributed by atoms with Gasteiger partial charge in [-0.3, -0.25) is 4.79 Å². The zero-order chi connectivity index (χ0) is 16.5. The molecular formula is C18H27ClN2O3. The van der Waals surface area contributed by atoms with Crippen molar-refractivity contribution in [2.75, 3.05) is 26.9 Å². The maximum Gasteiger partial charge on any atom is 0.227 e. The van der Waals surface area contributed by atoms with E-state index in [1.807, 2.05) is 18.2 Å². The minimum Gasteiger partial charge on any atom is -0.496 e. The molecule has 5 nitrogen and oxygen atoms in total. The lowest BCUT2D eigenvalue weighted by Gasteiger charge is -2.34. The highest BCUT2D eigenvalue weighted by atomic mass is 35.5. The Kier molecular flexibility index (Phi) is 5.78. The molecule has 134 valence electrons. The second-order valence-electron chi connectivity index (χ2n) is 6.94. The van der Waals surface area contributed by atoms with Crippen LogP contribution in [0.25, 0.3) is 0 Å². The summed E-state index contributed by atoms with van der Waals surface area (Å²) in [6.07, 6.45) is 2.33. The van der Waals surface area contributed by atoms with Crippen LogP contribution in [0.3, 0.4) is 0 Å². The number of para-hydroxylation sites is 1. The molecule has 2 fully saturated rings. The number of carbonyl (C=O) groups excluding carboxylic acids is 1. The molecule has 2 unspecified atom stereocenters. The van der Waals surface area contributed by atoms with Gasteiger partial charge in [-0.25, -0.2) is 0 Å². The number of hydrogen-bond acceptors (Lipinski definition) is 4. The first-order valence-corrected chi connectivity index (χ1v) is 8.28. The van der Waals surface area contributed by atoms with Gasteiger partial charge in [-0.2, -0.15) is 0 Å². The van der Waals surface area contributed by atoms with E-state index in [-0.39, 0.29) is 29.8 Å². The highest BCUT2D eigenvalue weighted by Crippen LogP contribution is 2.51. The maximum atomic E-state index is 12.8. The van der Waals surface area contributed by atoms with Crippen LogP contribution in [0.15, 0.2) is 24.3 Å². The number of halogens is 1. The molecule has 0 spiro atoms. The topological polar surface area (TPSA) is 73.6 Å². The van der Waals surface area contributed by atoms with E-state index in [9.17, 15) is 4.79 Å². The fourth-order valence-electron chi connectivity index (χ4n) is 3.59. The van der Waals surface area contributed by atoms with Crippen LogP contribution in [-0.4, -0.2) is 38.8 Å². The molecule has 0 bridgehead atoms. The molecule has 2 aliphatic rings. The van der Waals surface area contributed by atoms with Crippen molar-refractivity contribution in [1.82, 2.24) is 5.32 Å². The van der Waals surface area contributed by atoms with Crippen molar-refractivity contribution in [1.29, 1.82) is 0 Å². The molecule has 1 aliphatic heterocycles. The molecule has 6 heteroatoms. The van der Waals surface area contributed by atoms with Gasteiger partial charge in [0.1, 0.15) is 5.75 Å². The van der Waals surface area contributed by atoms with Gasteiger partial charge in [0.15, 0.2) is 0 Å². The molecule has 1 saturated carbocycles. The van der Waals surface area contributed by atoms with Gasteiger partial charge in [0.2, 0.25) is 5.91 Å². The van der Waals surface area contributed by atoms with Crippen LogP contribution in [0.2, 0.25) is 0 Å². The monoisotopic (exact) mass is 354 g/mol. The Bertz CT molecular complexity index is 589. The Morgan fingerprint density at radius 1 is 1.38 bits per heavy atom. The summed E-state index contributed by atoms with van der Waals surface area (Å²) in [6, 6.07) is 8.17. The van der Waals surface area contributed by atoms with E-state index >= 15 is 0 Å². The van der Waals surface area contributed by atoms with Crippen LogP contribution in [0, 0.1) is 5.41 Å². The van der Waals surface area contributed by atoms with E-state index in [2.05, 4.69) is 18.3 Å². The maximum absolute atomic E-state index is 12.8. The molecule has 1 saturated heterocycles. The number of rotatable bonds is 5. The lowest BCUT2D eigenvalue weighted by Crippen LogP contribution is -2.50. The molecule has 2 atom stereocenters. The zero-order valence-electron chi connectivity index (χ0n) is 14.3. The first-order valence-electron chi connectivity index (χ1n) is 8.28. The average molecular weight is 355 g/mol. The van der Waals surface area contributed by atoms with E-state index in [0.717, 1.165) is 17.7 Å². The number of methoxy groups -OCH3 is 1. The first-order chi connectivity index (χ1) is 11.1. The van der Waals surface area contributed by atoms with Crippen LogP contribution in [0.4, 0.5) is 0 Å². The fourth-order valence-corrected chi connectivity index (χ4v) is 3.59. The van der Waals surface area contributed by atoms with Crippen LogP contribution in [0.5, 0.6) is 5.75 Å². The Hall–Kier alpha value is -1.30. The summed E-state index contributed by atoms with van der Waals surface area (Å²) in [6.45, 7) is 3.77. The van der Waals surface area contributed by atoms with Gasteiger partial charge in [0.25, 0.3) is 0 Å². The van der Waals surface area contributed by atoms with Crippen molar-refractivity contribution < 1.29 is 14.3 Å². The van der Waals surface area contributed by atoms with Crippen LogP contribution in [0.1, 0.15) is 31.7 Å². The zero-order valence-corrected chi connectivity index (χ0v) is 15.2. The minimum absolute atomic E-state index is 0. The van der Waals surface area contributed by atoms with E-state index in [4.69, 9.17) is 15.2 Å². The minimum atomic E-state index is -0.470. The summed E-state index contributed by atoms with van der Waals surface area (Å²) in [5.74, 6) is 0.957. The van der Waals surface area contributed by atoms with Crippen molar-refractivity contribution >= 4 is 18.3 Å². The third kappa shape index (κ3) is 3.25. The largest absolute Gasteiger partial charge is 0.496 e. The predicted molar refractivity (Wildman–Crippen MR) is 95.7 cm³/mol. The second-order valence-corrected chi connectivity index (χ2v) is 6.94. The average Bonchev–Trinajstić information content (AvgIpc) is 3.26. The molecule has 24 heavy (non-hydrogen) atoms. The summed E-state index contributed by atoms with van der Waals surface area (Å²) >= 11 is 0. The molecule has 3 N–H and O–H groups in total. The second kappa shape index (κ2) is 7.30. The number of nitrogens with two attached hydrogens (primary N) is 1. The Morgan fingerprint density at radius 2 is 2.04 bits per heavy atom. The number of ether oxygens (including phenoxy) is 2. The third-order valence-electron chi connectivity index (χ3n) is 5.59. The molecule has 1 aromatic carbocycles. The first kappa shape index (κ1) is 19.0. The lowest BCUT2D eigenvalue weighted by atomic mass is 9.79. The number of hydrogen-bond donors (Lipinski definition) is 2. The quantitative estimate of drug-likeness (QED) is 0.848. The van der Waals surface area contributed by atoms with Gasteiger partial charge >= 0.3 is 0 Å². The van der Waals surface area contributed by atoms with Crippen molar-refractivity contribution in [3.8, 4) is 5.75 Å². The van der Waals surface area contributed by atoms with Crippen LogP contribution < -0.4 is 15.8 Å². The number of amides is 1. The van der Waals surface area contributed by atoms with Gasteiger partial charge in [0, 0.05) is 36.8 Å². The van der Waals surface area contributed by atoms with Crippen LogP contribution >= 0.6 is 12.4 Å². The number of carbonyl (C=O) groups is 1. The van der Waals surface area contributed by atoms with Crippen molar-refractivity contribution in [2.45, 2.75) is 37.6 Å². The van der Waals surface area contributed by atoms with Crippen molar-refractivity contribution in [3.05, 3.63) is 29.8 Å². The Labute approximate surface area is 149 Å². The van der Waals surface area contributed by atoms with Gasteiger partial charge in [-0.05, 0) is 25.3 Å². The van der Waals surface area contributed by atoms with Gasteiger partial charge < -0.3 is 20.5 Å². The number of nitrogens with one attached hydrogen (secondary N) is 1. The van der Waals surface area contributed by atoms with Crippen LogP contribution in [-0.2, 0) is 14.9 Å². The summed E-state index contributed by atoms with van der Waals surface area (Å²) in [7, 11) is 1.68. The van der Waals surface area contributed by atoms with Gasteiger partial charge in [-0.1, -0.05) is 25.1 Å². The summed E-state index contributed by atoms with van der Waals surface area (Å²) in [5, 5.41) is 3.23. The van der Waals surface area contributed by atoms with E-state index in [1.165, 1.54) is 0 Å². The van der Waals surface area contributed by atoms with E-state index in [0.29, 0.717) is 32.6 Å². The molecule has 1 aromatic rings. The van der Waals surface area contributed by atoms with Crippen molar-refractivity contribution in [3.63, 3.8) is 0 Å².